The number of anilines is 1. The molecule has 110 valence electrons. The molecule has 0 saturated heterocycles. The summed E-state index contributed by atoms with van der Waals surface area (Å²) in [7, 11) is 0. The minimum Gasteiger partial charge on any atom is -0.389 e. The van der Waals surface area contributed by atoms with Crippen LogP contribution in [0.25, 0.3) is 0 Å². The Morgan fingerprint density at radius 3 is 3.00 bits per heavy atom. The molecule has 1 unspecified atom stereocenters. The van der Waals surface area contributed by atoms with Crippen LogP contribution < -0.4 is 10.6 Å². The summed E-state index contributed by atoms with van der Waals surface area (Å²) in [5, 5.41) is 14.6. The van der Waals surface area contributed by atoms with Crippen molar-refractivity contribution in [2.24, 2.45) is 5.92 Å². The molecule has 2 amide bonds. The molecule has 0 radical (unpaired) electrons. The summed E-state index contributed by atoms with van der Waals surface area (Å²) in [6.07, 6.45) is 1.65. The molecule has 6 heteroatoms. The third-order valence-corrected chi connectivity index (χ3v) is 2.94. The van der Waals surface area contributed by atoms with Crippen LogP contribution in [0.15, 0.2) is 24.3 Å². The number of halogens is 1. The number of aliphatic hydroxyl groups excluding tert-OH is 1. The van der Waals surface area contributed by atoms with E-state index in [1.54, 1.807) is 6.07 Å². The molecule has 3 N–H and O–H groups in total. The average Bonchev–Trinajstić information content (AvgIpc) is 3.20. The van der Waals surface area contributed by atoms with E-state index in [1.807, 2.05) is 0 Å². The maximum absolute atomic E-state index is 12.9. The zero-order valence-corrected chi connectivity index (χ0v) is 11.1. The van der Waals surface area contributed by atoms with Crippen LogP contribution in [-0.2, 0) is 4.74 Å². The largest absolute Gasteiger partial charge is 0.389 e. The molecule has 0 aromatic heterocycles. The fourth-order valence-corrected chi connectivity index (χ4v) is 1.67. The zero-order chi connectivity index (χ0) is 14.4. The lowest BCUT2D eigenvalue weighted by molar-refractivity contribution is 0.0339. The van der Waals surface area contributed by atoms with E-state index in [0.29, 0.717) is 18.2 Å². The van der Waals surface area contributed by atoms with Crippen molar-refractivity contribution >= 4 is 11.7 Å². The van der Waals surface area contributed by atoms with E-state index in [0.717, 1.165) is 0 Å². The summed E-state index contributed by atoms with van der Waals surface area (Å²) in [4.78, 5) is 11.5. The molecule has 1 saturated carbocycles. The molecule has 0 aliphatic heterocycles. The van der Waals surface area contributed by atoms with Gasteiger partial charge in [0.15, 0.2) is 0 Å². The molecule has 2 rings (SSSR count). The van der Waals surface area contributed by atoms with Gasteiger partial charge in [0.05, 0.1) is 12.7 Å². The second-order valence-corrected chi connectivity index (χ2v) is 4.98. The normalized spacial score (nSPS) is 15.7. The maximum Gasteiger partial charge on any atom is 0.319 e. The van der Waals surface area contributed by atoms with Gasteiger partial charge in [0, 0.05) is 18.8 Å². The van der Waals surface area contributed by atoms with Crippen LogP contribution in [-0.4, -0.2) is 37.0 Å². The summed E-state index contributed by atoms with van der Waals surface area (Å²) < 4.78 is 18.2. The molecule has 5 nitrogen and oxygen atoms in total. The number of urea groups is 1. The van der Waals surface area contributed by atoms with Gasteiger partial charge in [-0.15, -0.1) is 0 Å². The van der Waals surface area contributed by atoms with Gasteiger partial charge in [0.2, 0.25) is 0 Å². The van der Waals surface area contributed by atoms with Crippen LogP contribution in [0.3, 0.4) is 0 Å². The van der Waals surface area contributed by atoms with Crippen molar-refractivity contribution in [1.29, 1.82) is 0 Å². The molecule has 1 aromatic carbocycles. The number of amides is 2. The Hall–Kier alpha value is -1.66. The molecule has 0 bridgehead atoms. The van der Waals surface area contributed by atoms with Crippen LogP contribution in [0, 0.1) is 11.7 Å². The third kappa shape index (κ3) is 5.54. The zero-order valence-electron chi connectivity index (χ0n) is 11.1. The van der Waals surface area contributed by atoms with Crippen LogP contribution in [0.5, 0.6) is 0 Å². The Morgan fingerprint density at radius 2 is 2.30 bits per heavy atom. The summed E-state index contributed by atoms with van der Waals surface area (Å²) in [6.45, 7) is 0.967. The number of rotatable bonds is 7. The smallest absolute Gasteiger partial charge is 0.319 e. The van der Waals surface area contributed by atoms with Crippen LogP contribution in [0.4, 0.5) is 14.9 Å². The lowest BCUT2D eigenvalue weighted by atomic mass is 10.3. The maximum atomic E-state index is 12.9. The molecule has 0 spiro atoms. The highest BCUT2D eigenvalue weighted by molar-refractivity contribution is 5.89. The highest BCUT2D eigenvalue weighted by Gasteiger charge is 2.21. The van der Waals surface area contributed by atoms with E-state index >= 15 is 0 Å². The fraction of sp³-hybridized carbons (Fsp3) is 0.500. The van der Waals surface area contributed by atoms with E-state index in [2.05, 4.69) is 10.6 Å². The van der Waals surface area contributed by atoms with E-state index in [4.69, 9.17) is 4.74 Å². The van der Waals surface area contributed by atoms with Crippen molar-refractivity contribution in [3.8, 4) is 0 Å². The molecule has 1 fully saturated rings. The predicted molar refractivity (Wildman–Crippen MR) is 73.0 cm³/mol. The van der Waals surface area contributed by atoms with E-state index in [-0.39, 0.29) is 13.2 Å². The standard InChI is InChI=1S/C14H19FN2O3/c15-11-2-1-3-12(6-11)17-14(19)16-7-13(18)9-20-8-10-4-5-10/h1-3,6,10,13,18H,4-5,7-9H2,(H2,16,17,19). The number of hydrogen-bond acceptors (Lipinski definition) is 3. The molecule has 1 atom stereocenters. The lowest BCUT2D eigenvalue weighted by Crippen LogP contribution is -2.37. The Balaban J connectivity index is 1.61. The van der Waals surface area contributed by atoms with Crippen molar-refractivity contribution in [3.63, 3.8) is 0 Å². The number of nitrogens with one attached hydrogen (secondary N) is 2. The molecular formula is C14H19FN2O3. The molecule has 0 heterocycles. The number of aliphatic hydroxyl groups is 1. The summed E-state index contributed by atoms with van der Waals surface area (Å²) >= 11 is 0. The third-order valence-electron chi connectivity index (χ3n) is 2.94. The van der Waals surface area contributed by atoms with E-state index < -0.39 is 18.0 Å². The van der Waals surface area contributed by atoms with Crippen molar-refractivity contribution in [1.82, 2.24) is 5.32 Å². The number of ether oxygens (including phenoxy) is 1. The van der Waals surface area contributed by atoms with Gasteiger partial charge >= 0.3 is 6.03 Å². The minimum atomic E-state index is -0.744. The van der Waals surface area contributed by atoms with Crippen molar-refractivity contribution in [2.45, 2.75) is 18.9 Å². The van der Waals surface area contributed by atoms with Crippen LogP contribution in [0.2, 0.25) is 0 Å². The molecule has 1 aromatic rings. The topological polar surface area (TPSA) is 70.6 Å². The Bertz CT molecular complexity index is 452. The minimum absolute atomic E-state index is 0.0891. The van der Waals surface area contributed by atoms with Gasteiger partial charge in [0.1, 0.15) is 5.82 Å². The van der Waals surface area contributed by atoms with Crippen molar-refractivity contribution < 1.29 is 19.0 Å². The Labute approximate surface area is 117 Å². The highest BCUT2D eigenvalue weighted by Crippen LogP contribution is 2.28. The number of benzene rings is 1. The Morgan fingerprint density at radius 1 is 1.50 bits per heavy atom. The molecular weight excluding hydrogens is 263 g/mol. The number of hydrogen-bond donors (Lipinski definition) is 3. The second-order valence-electron chi connectivity index (χ2n) is 4.98. The fourth-order valence-electron chi connectivity index (χ4n) is 1.67. The van der Waals surface area contributed by atoms with Gasteiger partial charge in [-0.1, -0.05) is 6.07 Å². The first-order valence-electron chi connectivity index (χ1n) is 6.69. The second kappa shape index (κ2) is 7.21. The van der Waals surface area contributed by atoms with Gasteiger partial charge in [-0.25, -0.2) is 9.18 Å². The molecule has 1 aliphatic rings. The van der Waals surface area contributed by atoms with Crippen LogP contribution in [0.1, 0.15) is 12.8 Å². The first-order valence-corrected chi connectivity index (χ1v) is 6.69. The predicted octanol–water partition coefficient (Wildman–Crippen LogP) is 1.73. The molecule has 20 heavy (non-hydrogen) atoms. The summed E-state index contributed by atoms with van der Waals surface area (Å²) in [5.41, 5.74) is 0.363. The average molecular weight is 282 g/mol. The number of carbonyl (C=O) groups is 1. The first kappa shape index (κ1) is 14.7. The summed E-state index contributed by atoms with van der Waals surface area (Å²) in [5.74, 6) is 0.225. The van der Waals surface area contributed by atoms with Gasteiger partial charge < -0.3 is 20.5 Å². The van der Waals surface area contributed by atoms with Gasteiger partial charge in [-0.05, 0) is 37.0 Å². The van der Waals surface area contributed by atoms with Gasteiger partial charge in [-0.2, -0.15) is 0 Å². The van der Waals surface area contributed by atoms with E-state index in [1.165, 1.54) is 31.0 Å². The quantitative estimate of drug-likeness (QED) is 0.713. The Kier molecular flexibility index (Phi) is 5.31. The van der Waals surface area contributed by atoms with Crippen molar-refractivity contribution in [3.05, 3.63) is 30.1 Å². The monoisotopic (exact) mass is 282 g/mol. The SMILES string of the molecule is O=C(NCC(O)COCC1CC1)Nc1cccc(F)c1. The summed E-state index contributed by atoms with van der Waals surface area (Å²) in [6, 6.07) is 5.11. The lowest BCUT2D eigenvalue weighted by Gasteiger charge is -2.13. The van der Waals surface area contributed by atoms with E-state index in [9.17, 15) is 14.3 Å². The number of carbonyl (C=O) groups excluding carboxylic acids is 1. The van der Waals surface area contributed by atoms with Gasteiger partial charge in [0.25, 0.3) is 0 Å². The molecule has 1 aliphatic carbocycles. The van der Waals surface area contributed by atoms with Gasteiger partial charge in [-0.3, -0.25) is 0 Å². The highest BCUT2D eigenvalue weighted by atomic mass is 19.1. The first-order chi connectivity index (χ1) is 9.63. The van der Waals surface area contributed by atoms with Crippen LogP contribution >= 0.6 is 0 Å². The van der Waals surface area contributed by atoms with Crippen molar-refractivity contribution in [2.75, 3.05) is 25.1 Å².